The molecule has 19 heavy (non-hydrogen) atoms. The van der Waals surface area contributed by atoms with E-state index in [-0.39, 0.29) is 0 Å². The molecule has 0 unspecified atom stereocenters. The van der Waals surface area contributed by atoms with Gasteiger partial charge in [0.2, 0.25) is 0 Å². The van der Waals surface area contributed by atoms with Crippen LogP contribution < -0.4 is 5.73 Å². The number of rotatable bonds is 5. The van der Waals surface area contributed by atoms with Crippen LogP contribution in [0.25, 0.3) is 0 Å². The summed E-state index contributed by atoms with van der Waals surface area (Å²) in [6.45, 7) is 6.03. The average molecular weight is 276 g/mol. The molecule has 0 bridgehead atoms. The molecule has 0 heterocycles. The van der Waals surface area contributed by atoms with Crippen molar-refractivity contribution in [3.05, 3.63) is 34.9 Å². The lowest BCUT2D eigenvalue weighted by Crippen LogP contribution is -2.38. The van der Waals surface area contributed by atoms with Gasteiger partial charge >= 0.3 is 0 Å². The van der Waals surface area contributed by atoms with Gasteiger partial charge in [0.05, 0.1) is 4.99 Å². The Hall–Kier alpha value is -0.930. The van der Waals surface area contributed by atoms with Gasteiger partial charge < -0.3 is 5.73 Å². The maximum absolute atomic E-state index is 5.76. The van der Waals surface area contributed by atoms with Gasteiger partial charge in [0.1, 0.15) is 0 Å². The molecule has 0 spiro atoms. The highest BCUT2D eigenvalue weighted by atomic mass is 32.1. The van der Waals surface area contributed by atoms with Crippen LogP contribution in [0.4, 0.5) is 0 Å². The van der Waals surface area contributed by atoms with E-state index in [2.05, 4.69) is 36.9 Å². The summed E-state index contributed by atoms with van der Waals surface area (Å²) in [7, 11) is 0. The highest BCUT2D eigenvalue weighted by molar-refractivity contribution is 7.80. The molecular formula is C16H24N2S. The summed E-state index contributed by atoms with van der Waals surface area (Å²) in [5.41, 5.74) is 9.84. The Bertz CT molecular complexity index is 450. The monoisotopic (exact) mass is 276 g/mol. The van der Waals surface area contributed by atoms with Crippen molar-refractivity contribution in [1.29, 1.82) is 0 Å². The van der Waals surface area contributed by atoms with E-state index < -0.39 is 0 Å². The number of thiocarbonyl (C=S) groups is 1. The molecule has 0 aliphatic heterocycles. The molecule has 2 rings (SSSR count). The van der Waals surface area contributed by atoms with Crippen molar-refractivity contribution in [2.75, 3.05) is 6.54 Å². The Morgan fingerprint density at radius 1 is 1.26 bits per heavy atom. The van der Waals surface area contributed by atoms with Crippen molar-refractivity contribution in [2.45, 2.75) is 52.1 Å². The van der Waals surface area contributed by atoms with Crippen LogP contribution in [0.15, 0.2) is 18.2 Å². The lowest BCUT2D eigenvalue weighted by atomic mass is 10.1. The molecule has 0 atom stereocenters. The summed E-state index contributed by atoms with van der Waals surface area (Å²) in [6, 6.07) is 7.38. The number of nitrogens with two attached hydrogens (primary N) is 1. The molecule has 1 aliphatic carbocycles. The van der Waals surface area contributed by atoms with Crippen molar-refractivity contribution in [3.63, 3.8) is 0 Å². The second-order valence-corrected chi connectivity index (χ2v) is 6.25. The van der Waals surface area contributed by atoms with Gasteiger partial charge in [-0.1, -0.05) is 43.3 Å². The zero-order chi connectivity index (χ0) is 13.8. The Morgan fingerprint density at radius 2 is 1.95 bits per heavy atom. The van der Waals surface area contributed by atoms with Crippen LogP contribution in [0.3, 0.4) is 0 Å². The van der Waals surface area contributed by atoms with Gasteiger partial charge in [-0.25, -0.2) is 0 Å². The first-order chi connectivity index (χ1) is 9.06. The fraction of sp³-hybridized carbons (Fsp3) is 0.562. The van der Waals surface area contributed by atoms with E-state index in [9.17, 15) is 0 Å². The molecule has 0 aromatic heterocycles. The van der Waals surface area contributed by atoms with E-state index in [1.807, 2.05) is 0 Å². The van der Waals surface area contributed by atoms with Crippen LogP contribution in [0, 0.1) is 13.8 Å². The lowest BCUT2D eigenvalue weighted by molar-refractivity contribution is 0.219. The molecule has 0 amide bonds. The summed E-state index contributed by atoms with van der Waals surface area (Å²) < 4.78 is 0. The first-order valence-electron chi connectivity index (χ1n) is 7.15. The summed E-state index contributed by atoms with van der Waals surface area (Å²) >= 11 is 5.11. The van der Waals surface area contributed by atoms with Crippen molar-refractivity contribution in [1.82, 2.24) is 4.90 Å². The van der Waals surface area contributed by atoms with E-state index in [0.717, 1.165) is 13.1 Å². The van der Waals surface area contributed by atoms with Crippen molar-refractivity contribution < 1.29 is 0 Å². The lowest BCUT2D eigenvalue weighted by Gasteiger charge is -2.28. The molecule has 1 fully saturated rings. The van der Waals surface area contributed by atoms with Crippen LogP contribution in [0.1, 0.15) is 42.4 Å². The molecule has 0 saturated heterocycles. The Labute approximate surface area is 122 Å². The maximum Gasteiger partial charge on any atom is 0.0870 e. The number of hydrogen-bond donors (Lipinski definition) is 1. The predicted octanol–water partition coefficient (Wildman–Crippen LogP) is 3.33. The minimum atomic E-state index is 0.607. The summed E-state index contributed by atoms with van der Waals surface area (Å²) in [5.74, 6) is 0. The number of benzene rings is 1. The van der Waals surface area contributed by atoms with E-state index in [0.29, 0.717) is 11.0 Å². The highest BCUT2D eigenvalue weighted by Gasteiger charge is 2.23. The van der Waals surface area contributed by atoms with Crippen LogP contribution in [-0.2, 0) is 6.54 Å². The number of hydrogen-bond acceptors (Lipinski definition) is 2. The molecule has 1 aliphatic rings. The number of nitrogens with zero attached hydrogens (tertiary/aromatic N) is 1. The molecule has 104 valence electrons. The third-order valence-electron chi connectivity index (χ3n) is 4.16. The normalized spacial score (nSPS) is 16.2. The SMILES string of the molecule is Cc1ccc(CN(CC(N)=S)C2CCCC2)cc1C. The Morgan fingerprint density at radius 3 is 2.53 bits per heavy atom. The predicted molar refractivity (Wildman–Crippen MR) is 85.4 cm³/mol. The minimum Gasteiger partial charge on any atom is -0.392 e. The summed E-state index contributed by atoms with van der Waals surface area (Å²) in [4.78, 5) is 3.06. The topological polar surface area (TPSA) is 29.3 Å². The zero-order valence-electron chi connectivity index (χ0n) is 12.0. The first kappa shape index (κ1) is 14.5. The van der Waals surface area contributed by atoms with E-state index in [1.54, 1.807) is 0 Å². The van der Waals surface area contributed by atoms with Gasteiger partial charge in [-0.2, -0.15) is 0 Å². The molecule has 1 aromatic rings. The van der Waals surface area contributed by atoms with Crippen LogP contribution in [-0.4, -0.2) is 22.5 Å². The zero-order valence-corrected chi connectivity index (χ0v) is 12.8. The van der Waals surface area contributed by atoms with Gasteiger partial charge in [0.25, 0.3) is 0 Å². The molecular weight excluding hydrogens is 252 g/mol. The van der Waals surface area contributed by atoms with Crippen molar-refractivity contribution in [3.8, 4) is 0 Å². The standard InChI is InChI=1S/C16H24N2S/c1-12-7-8-14(9-13(12)2)10-18(11-16(17)19)15-5-3-4-6-15/h7-9,15H,3-6,10-11H2,1-2H3,(H2,17,19). The Kier molecular flexibility index (Phi) is 4.94. The van der Waals surface area contributed by atoms with Crippen LogP contribution in [0.2, 0.25) is 0 Å². The van der Waals surface area contributed by atoms with Gasteiger partial charge in [0.15, 0.2) is 0 Å². The quantitative estimate of drug-likeness (QED) is 0.836. The molecule has 1 saturated carbocycles. The second kappa shape index (κ2) is 6.49. The van der Waals surface area contributed by atoms with Gasteiger partial charge in [-0.3, -0.25) is 4.90 Å². The maximum atomic E-state index is 5.76. The summed E-state index contributed by atoms with van der Waals surface area (Å²) in [6.07, 6.45) is 5.25. The third kappa shape index (κ3) is 4.02. The van der Waals surface area contributed by atoms with Crippen LogP contribution in [0.5, 0.6) is 0 Å². The molecule has 1 aromatic carbocycles. The number of aryl methyl sites for hydroxylation is 2. The smallest absolute Gasteiger partial charge is 0.0870 e. The Balaban J connectivity index is 2.09. The van der Waals surface area contributed by atoms with Crippen LogP contribution >= 0.6 is 12.2 Å². The highest BCUT2D eigenvalue weighted by Crippen LogP contribution is 2.25. The van der Waals surface area contributed by atoms with Gasteiger partial charge in [-0.05, 0) is 43.4 Å². The first-order valence-corrected chi connectivity index (χ1v) is 7.55. The molecule has 2 nitrogen and oxygen atoms in total. The molecule has 0 radical (unpaired) electrons. The van der Waals surface area contributed by atoms with E-state index in [1.165, 1.54) is 42.4 Å². The van der Waals surface area contributed by atoms with Gasteiger partial charge in [0, 0.05) is 19.1 Å². The largest absolute Gasteiger partial charge is 0.392 e. The molecule has 2 N–H and O–H groups in total. The third-order valence-corrected chi connectivity index (χ3v) is 4.29. The minimum absolute atomic E-state index is 0.607. The average Bonchev–Trinajstić information content (AvgIpc) is 2.86. The van der Waals surface area contributed by atoms with E-state index in [4.69, 9.17) is 18.0 Å². The summed E-state index contributed by atoms with van der Waals surface area (Å²) in [5, 5.41) is 0. The van der Waals surface area contributed by atoms with Crippen molar-refractivity contribution >= 4 is 17.2 Å². The second-order valence-electron chi connectivity index (χ2n) is 5.73. The fourth-order valence-electron chi connectivity index (χ4n) is 2.92. The van der Waals surface area contributed by atoms with Crippen molar-refractivity contribution in [2.24, 2.45) is 5.73 Å². The fourth-order valence-corrected chi connectivity index (χ4v) is 3.09. The van der Waals surface area contributed by atoms with E-state index >= 15 is 0 Å². The molecule has 3 heteroatoms. The van der Waals surface area contributed by atoms with Gasteiger partial charge in [-0.15, -0.1) is 0 Å².